The summed E-state index contributed by atoms with van der Waals surface area (Å²) in [5.74, 6) is -0.513. The fraction of sp³-hybridized carbons (Fsp3) is 0.167. The monoisotopic (exact) mass is 301 g/mol. The summed E-state index contributed by atoms with van der Waals surface area (Å²) in [6.45, 7) is 0. The third-order valence-corrected chi connectivity index (χ3v) is 3.15. The minimum absolute atomic E-state index is 0.000765. The maximum atomic E-state index is 12.6. The van der Waals surface area contributed by atoms with E-state index in [-0.39, 0.29) is 12.1 Å². The average Bonchev–Trinajstić information content (AvgIpc) is 2.75. The van der Waals surface area contributed by atoms with Crippen LogP contribution in [0.3, 0.4) is 0 Å². The SMILES string of the molecule is NC(=O)Cc1csc(Nc2cccc(C(F)(F)F)c2)n1. The molecular formula is C12H10F3N3OS. The molecule has 1 aromatic heterocycles. The van der Waals surface area contributed by atoms with Crippen molar-refractivity contribution < 1.29 is 18.0 Å². The molecule has 1 amide bonds. The molecule has 0 atom stereocenters. The van der Waals surface area contributed by atoms with Crippen LogP contribution in [0, 0.1) is 0 Å². The van der Waals surface area contributed by atoms with Crippen LogP contribution in [0.25, 0.3) is 0 Å². The first kappa shape index (κ1) is 14.3. The van der Waals surface area contributed by atoms with Gasteiger partial charge >= 0.3 is 6.18 Å². The number of primary amides is 1. The van der Waals surface area contributed by atoms with Gasteiger partial charge in [0.2, 0.25) is 5.91 Å². The molecule has 4 nitrogen and oxygen atoms in total. The fourth-order valence-corrected chi connectivity index (χ4v) is 2.25. The van der Waals surface area contributed by atoms with Gasteiger partial charge in [-0.15, -0.1) is 11.3 Å². The number of hydrogen-bond acceptors (Lipinski definition) is 4. The lowest BCUT2D eigenvalue weighted by molar-refractivity contribution is -0.137. The van der Waals surface area contributed by atoms with Crippen LogP contribution in [0.1, 0.15) is 11.3 Å². The number of nitrogens with zero attached hydrogens (tertiary/aromatic N) is 1. The maximum absolute atomic E-state index is 12.6. The first-order chi connectivity index (χ1) is 9.34. The summed E-state index contributed by atoms with van der Waals surface area (Å²) in [5, 5.41) is 4.79. The Morgan fingerprint density at radius 2 is 2.15 bits per heavy atom. The van der Waals surface area contributed by atoms with Crippen molar-refractivity contribution in [1.82, 2.24) is 4.98 Å². The Bertz CT molecular complexity index is 624. The molecule has 3 N–H and O–H groups in total. The summed E-state index contributed by atoms with van der Waals surface area (Å²) < 4.78 is 37.7. The van der Waals surface area contributed by atoms with Crippen molar-refractivity contribution in [3.63, 3.8) is 0 Å². The summed E-state index contributed by atoms with van der Waals surface area (Å²) in [4.78, 5) is 14.8. The molecule has 0 aliphatic heterocycles. The number of carbonyl (C=O) groups excluding carboxylic acids is 1. The molecule has 0 radical (unpaired) electrons. The van der Waals surface area contributed by atoms with Crippen LogP contribution in [0.15, 0.2) is 29.6 Å². The minimum Gasteiger partial charge on any atom is -0.369 e. The van der Waals surface area contributed by atoms with Crippen LogP contribution in [0.2, 0.25) is 0 Å². The topological polar surface area (TPSA) is 68.0 Å². The number of hydrogen-bond donors (Lipinski definition) is 2. The van der Waals surface area contributed by atoms with E-state index >= 15 is 0 Å². The molecule has 0 unspecified atom stereocenters. The van der Waals surface area contributed by atoms with Crippen molar-refractivity contribution >= 4 is 28.1 Å². The van der Waals surface area contributed by atoms with E-state index in [4.69, 9.17) is 5.73 Å². The van der Waals surface area contributed by atoms with Crippen molar-refractivity contribution in [3.8, 4) is 0 Å². The Hall–Kier alpha value is -2.09. The van der Waals surface area contributed by atoms with Crippen LogP contribution < -0.4 is 11.1 Å². The number of nitrogens with one attached hydrogen (secondary N) is 1. The maximum Gasteiger partial charge on any atom is 0.416 e. The van der Waals surface area contributed by atoms with E-state index in [1.165, 1.54) is 23.5 Å². The van der Waals surface area contributed by atoms with E-state index in [2.05, 4.69) is 10.3 Å². The smallest absolute Gasteiger partial charge is 0.369 e. The highest BCUT2D eigenvalue weighted by molar-refractivity contribution is 7.13. The Balaban J connectivity index is 2.14. The van der Waals surface area contributed by atoms with Crippen LogP contribution in [-0.2, 0) is 17.4 Å². The predicted octanol–water partition coefficient (Wildman–Crippen LogP) is 2.93. The second-order valence-corrected chi connectivity index (χ2v) is 4.85. The second kappa shape index (κ2) is 5.49. The molecule has 0 spiro atoms. The van der Waals surface area contributed by atoms with Crippen LogP contribution >= 0.6 is 11.3 Å². The normalized spacial score (nSPS) is 11.3. The van der Waals surface area contributed by atoms with Crippen molar-refractivity contribution in [2.45, 2.75) is 12.6 Å². The molecule has 20 heavy (non-hydrogen) atoms. The van der Waals surface area contributed by atoms with Gasteiger partial charge in [0.05, 0.1) is 17.7 Å². The number of nitrogens with two attached hydrogens (primary N) is 1. The van der Waals surface area contributed by atoms with Gasteiger partial charge in [0.25, 0.3) is 0 Å². The number of aromatic nitrogens is 1. The van der Waals surface area contributed by atoms with Crippen molar-refractivity contribution in [3.05, 3.63) is 40.9 Å². The number of alkyl halides is 3. The Morgan fingerprint density at radius 1 is 1.40 bits per heavy atom. The molecule has 1 aromatic carbocycles. The third-order valence-electron chi connectivity index (χ3n) is 2.35. The molecule has 0 bridgehead atoms. The van der Waals surface area contributed by atoms with Gasteiger partial charge in [0.1, 0.15) is 0 Å². The Morgan fingerprint density at radius 3 is 2.80 bits per heavy atom. The van der Waals surface area contributed by atoms with Gasteiger partial charge in [-0.05, 0) is 18.2 Å². The number of rotatable bonds is 4. The van der Waals surface area contributed by atoms with Gasteiger partial charge in [-0.1, -0.05) is 6.07 Å². The van der Waals surface area contributed by atoms with Crippen LogP contribution in [0.4, 0.5) is 24.0 Å². The van der Waals surface area contributed by atoms with Crippen molar-refractivity contribution in [1.29, 1.82) is 0 Å². The van der Waals surface area contributed by atoms with Gasteiger partial charge in [-0.25, -0.2) is 4.98 Å². The summed E-state index contributed by atoms with van der Waals surface area (Å²) in [6, 6.07) is 4.80. The average molecular weight is 301 g/mol. The highest BCUT2D eigenvalue weighted by Crippen LogP contribution is 2.31. The first-order valence-corrected chi connectivity index (χ1v) is 6.39. The zero-order valence-electron chi connectivity index (χ0n) is 10.1. The van der Waals surface area contributed by atoms with E-state index < -0.39 is 17.6 Å². The molecule has 0 aliphatic rings. The Labute approximate surface area is 116 Å². The lowest BCUT2D eigenvalue weighted by atomic mass is 10.2. The minimum atomic E-state index is -4.39. The number of anilines is 2. The van der Waals surface area contributed by atoms with Crippen molar-refractivity contribution in [2.75, 3.05) is 5.32 Å². The lowest BCUT2D eigenvalue weighted by Crippen LogP contribution is -2.13. The van der Waals surface area contributed by atoms with Gasteiger partial charge in [-0.2, -0.15) is 13.2 Å². The zero-order chi connectivity index (χ0) is 14.8. The molecule has 0 aliphatic carbocycles. The number of halogens is 3. The quantitative estimate of drug-likeness (QED) is 0.912. The predicted molar refractivity (Wildman–Crippen MR) is 69.7 cm³/mol. The first-order valence-electron chi connectivity index (χ1n) is 5.51. The molecule has 0 saturated carbocycles. The van der Waals surface area contributed by atoms with E-state index in [0.29, 0.717) is 10.8 Å². The van der Waals surface area contributed by atoms with E-state index in [0.717, 1.165) is 12.1 Å². The standard InChI is InChI=1S/C12H10F3N3OS/c13-12(14,15)7-2-1-3-8(4-7)17-11-18-9(6-20-11)5-10(16)19/h1-4,6H,5H2,(H2,16,19)(H,17,18). The molecule has 8 heteroatoms. The second-order valence-electron chi connectivity index (χ2n) is 3.99. The van der Waals surface area contributed by atoms with Crippen molar-refractivity contribution in [2.24, 2.45) is 5.73 Å². The summed E-state index contributed by atoms with van der Waals surface area (Å²) >= 11 is 1.19. The fourth-order valence-electron chi connectivity index (χ4n) is 1.52. The number of benzene rings is 1. The third kappa shape index (κ3) is 3.70. The van der Waals surface area contributed by atoms with E-state index in [9.17, 15) is 18.0 Å². The van der Waals surface area contributed by atoms with E-state index in [1.54, 1.807) is 5.38 Å². The molecule has 0 saturated heterocycles. The van der Waals surface area contributed by atoms with E-state index in [1.807, 2.05) is 0 Å². The molecular weight excluding hydrogens is 291 g/mol. The summed E-state index contributed by atoms with van der Waals surface area (Å²) in [6.07, 6.45) is -4.39. The highest BCUT2D eigenvalue weighted by Gasteiger charge is 2.30. The largest absolute Gasteiger partial charge is 0.416 e. The summed E-state index contributed by atoms with van der Waals surface area (Å²) in [7, 11) is 0. The highest BCUT2D eigenvalue weighted by atomic mass is 32.1. The zero-order valence-corrected chi connectivity index (χ0v) is 10.9. The molecule has 2 aromatic rings. The molecule has 0 fully saturated rings. The lowest BCUT2D eigenvalue weighted by Gasteiger charge is -2.08. The van der Waals surface area contributed by atoms with Gasteiger partial charge in [0, 0.05) is 11.1 Å². The summed E-state index contributed by atoms with van der Waals surface area (Å²) in [5.41, 5.74) is 5.06. The number of thiazole rings is 1. The van der Waals surface area contributed by atoms with Gasteiger partial charge in [0.15, 0.2) is 5.13 Å². The molecule has 2 rings (SSSR count). The van der Waals surface area contributed by atoms with Crippen LogP contribution in [0.5, 0.6) is 0 Å². The molecule has 1 heterocycles. The Kier molecular flexibility index (Phi) is 3.93. The van der Waals surface area contributed by atoms with Crippen LogP contribution in [-0.4, -0.2) is 10.9 Å². The van der Waals surface area contributed by atoms with Gasteiger partial charge < -0.3 is 11.1 Å². The van der Waals surface area contributed by atoms with Gasteiger partial charge in [-0.3, -0.25) is 4.79 Å². The number of amides is 1. The number of carbonyl (C=O) groups is 1. The molecule has 106 valence electrons.